The van der Waals surface area contributed by atoms with Gasteiger partial charge in [-0.1, -0.05) is 0 Å². The number of piperidine rings is 1. The molecule has 0 radical (unpaired) electrons. The monoisotopic (exact) mass is 196 g/mol. The van der Waals surface area contributed by atoms with E-state index in [1.54, 1.807) is 0 Å². The van der Waals surface area contributed by atoms with Gasteiger partial charge in [-0.2, -0.15) is 0 Å². The third kappa shape index (κ3) is 2.48. The summed E-state index contributed by atoms with van der Waals surface area (Å²) in [5.41, 5.74) is 0. The number of hydrogen-bond acceptors (Lipinski definition) is 2. The summed E-state index contributed by atoms with van der Waals surface area (Å²) in [6.45, 7) is 8.64. The lowest BCUT2D eigenvalue weighted by atomic mass is 9.92. The Kier molecular flexibility index (Phi) is 3.45. The highest BCUT2D eigenvalue weighted by Gasteiger charge is 2.25. The van der Waals surface area contributed by atoms with Crippen molar-refractivity contribution < 1.29 is 0 Å². The molecule has 2 heteroatoms. The first kappa shape index (κ1) is 10.4. The normalized spacial score (nSPS) is 40.3. The molecule has 3 atom stereocenters. The summed E-state index contributed by atoms with van der Waals surface area (Å²) in [6, 6.07) is 1.59. The third-order valence-corrected chi connectivity index (χ3v) is 3.92. The lowest BCUT2D eigenvalue weighted by Crippen LogP contribution is -2.41. The van der Waals surface area contributed by atoms with Gasteiger partial charge in [0, 0.05) is 18.6 Å². The number of hydrogen-bond donors (Lipinski definition) is 1. The van der Waals surface area contributed by atoms with Crippen molar-refractivity contribution in [3.8, 4) is 0 Å². The van der Waals surface area contributed by atoms with Crippen molar-refractivity contribution in [2.24, 2.45) is 5.92 Å². The molecule has 2 saturated heterocycles. The fraction of sp³-hybridized carbons (Fsp3) is 1.00. The van der Waals surface area contributed by atoms with Crippen LogP contribution in [0.25, 0.3) is 0 Å². The van der Waals surface area contributed by atoms with Crippen molar-refractivity contribution in [2.45, 2.75) is 51.6 Å². The van der Waals surface area contributed by atoms with E-state index in [0.717, 1.165) is 18.0 Å². The zero-order valence-corrected chi connectivity index (χ0v) is 9.63. The zero-order chi connectivity index (χ0) is 9.97. The van der Waals surface area contributed by atoms with Crippen molar-refractivity contribution in [2.75, 3.05) is 19.6 Å². The van der Waals surface area contributed by atoms with Gasteiger partial charge in [-0.05, 0) is 58.5 Å². The Hall–Kier alpha value is -0.0800. The van der Waals surface area contributed by atoms with Crippen LogP contribution in [0.15, 0.2) is 0 Å². The number of nitrogens with zero attached hydrogens (tertiary/aromatic N) is 1. The van der Waals surface area contributed by atoms with Crippen LogP contribution in [0.4, 0.5) is 0 Å². The lowest BCUT2D eigenvalue weighted by molar-refractivity contribution is 0.187. The zero-order valence-electron chi connectivity index (χ0n) is 9.63. The highest BCUT2D eigenvalue weighted by atomic mass is 15.2. The molecular weight excluding hydrogens is 172 g/mol. The van der Waals surface area contributed by atoms with Crippen molar-refractivity contribution in [1.82, 2.24) is 10.2 Å². The Morgan fingerprint density at radius 3 is 2.79 bits per heavy atom. The van der Waals surface area contributed by atoms with Gasteiger partial charge in [0.25, 0.3) is 0 Å². The van der Waals surface area contributed by atoms with E-state index in [9.17, 15) is 0 Å². The maximum Gasteiger partial charge on any atom is 0.00675 e. The minimum atomic E-state index is 0.742. The van der Waals surface area contributed by atoms with Crippen LogP contribution in [0.1, 0.15) is 39.5 Å². The van der Waals surface area contributed by atoms with E-state index in [2.05, 4.69) is 24.1 Å². The van der Waals surface area contributed by atoms with E-state index in [1.165, 1.54) is 45.3 Å². The molecule has 0 saturated carbocycles. The molecule has 2 fully saturated rings. The molecule has 0 aliphatic carbocycles. The Morgan fingerprint density at radius 2 is 2.14 bits per heavy atom. The lowest BCUT2D eigenvalue weighted by Gasteiger charge is -2.32. The third-order valence-electron chi connectivity index (χ3n) is 3.92. The first-order chi connectivity index (χ1) is 6.75. The molecule has 0 aromatic carbocycles. The van der Waals surface area contributed by atoms with Crippen LogP contribution in [0.2, 0.25) is 0 Å². The van der Waals surface area contributed by atoms with E-state index in [4.69, 9.17) is 0 Å². The number of likely N-dealkylation sites (tertiary alicyclic amines) is 1. The Labute approximate surface area is 88.1 Å². The minimum absolute atomic E-state index is 0.742. The molecule has 0 spiro atoms. The van der Waals surface area contributed by atoms with Crippen LogP contribution in [-0.2, 0) is 0 Å². The Morgan fingerprint density at radius 1 is 1.29 bits per heavy atom. The van der Waals surface area contributed by atoms with E-state index < -0.39 is 0 Å². The van der Waals surface area contributed by atoms with E-state index in [0.29, 0.717) is 0 Å². The van der Waals surface area contributed by atoms with E-state index in [-0.39, 0.29) is 0 Å². The van der Waals surface area contributed by atoms with Gasteiger partial charge in [0.15, 0.2) is 0 Å². The smallest absolute Gasteiger partial charge is 0.00675 e. The predicted molar refractivity (Wildman–Crippen MR) is 60.5 cm³/mol. The SMILES string of the molecule is CC1CC(CN2CCCC2C)CCN1. The summed E-state index contributed by atoms with van der Waals surface area (Å²) in [6.07, 6.45) is 5.60. The summed E-state index contributed by atoms with van der Waals surface area (Å²) in [4.78, 5) is 2.70. The minimum Gasteiger partial charge on any atom is -0.314 e. The van der Waals surface area contributed by atoms with Gasteiger partial charge in [-0.15, -0.1) is 0 Å². The first-order valence-corrected chi connectivity index (χ1v) is 6.23. The molecule has 0 bridgehead atoms. The Balaban J connectivity index is 1.78. The van der Waals surface area contributed by atoms with Gasteiger partial charge >= 0.3 is 0 Å². The second kappa shape index (κ2) is 4.63. The van der Waals surface area contributed by atoms with Crippen LogP contribution in [0.5, 0.6) is 0 Å². The van der Waals surface area contributed by atoms with Crippen LogP contribution < -0.4 is 5.32 Å². The molecule has 82 valence electrons. The standard InChI is InChI=1S/C12H24N2/c1-10-8-12(5-6-13-10)9-14-7-3-4-11(14)2/h10-13H,3-9H2,1-2H3. The Bertz CT molecular complexity index is 181. The number of nitrogens with one attached hydrogen (secondary N) is 1. The van der Waals surface area contributed by atoms with E-state index in [1.807, 2.05) is 0 Å². The van der Waals surface area contributed by atoms with Crippen molar-refractivity contribution in [1.29, 1.82) is 0 Å². The quantitative estimate of drug-likeness (QED) is 0.725. The molecule has 0 aromatic rings. The van der Waals surface area contributed by atoms with Crippen LogP contribution in [-0.4, -0.2) is 36.6 Å². The summed E-state index contributed by atoms with van der Waals surface area (Å²) >= 11 is 0. The molecule has 14 heavy (non-hydrogen) atoms. The van der Waals surface area contributed by atoms with Gasteiger partial charge in [-0.3, -0.25) is 0 Å². The number of rotatable bonds is 2. The van der Waals surface area contributed by atoms with Crippen molar-refractivity contribution in [3.05, 3.63) is 0 Å². The highest BCUT2D eigenvalue weighted by molar-refractivity contribution is 4.82. The summed E-state index contributed by atoms with van der Waals surface area (Å²) < 4.78 is 0. The van der Waals surface area contributed by atoms with Crippen LogP contribution >= 0.6 is 0 Å². The molecule has 3 unspecified atom stereocenters. The fourth-order valence-corrected chi connectivity index (χ4v) is 3.00. The molecule has 2 aliphatic rings. The topological polar surface area (TPSA) is 15.3 Å². The van der Waals surface area contributed by atoms with Crippen LogP contribution in [0, 0.1) is 5.92 Å². The largest absolute Gasteiger partial charge is 0.314 e. The summed E-state index contributed by atoms with van der Waals surface area (Å²) in [5.74, 6) is 0.951. The maximum absolute atomic E-state index is 3.53. The first-order valence-electron chi connectivity index (χ1n) is 6.23. The highest BCUT2D eigenvalue weighted by Crippen LogP contribution is 2.23. The summed E-state index contributed by atoms with van der Waals surface area (Å²) in [7, 11) is 0. The molecular formula is C12H24N2. The molecule has 1 N–H and O–H groups in total. The average Bonchev–Trinajstić information content (AvgIpc) is 2.52. The van der Waals surface area contributed by atoms with Crippen molar-refractivity contribution in [3.63, 3.8) is 0 Å². The fourth-order valence-electron chi connectivity index (χ4n) is 3.00. The molecule has 2 nitrogen and oxygen atoms in total. The predicted octanol–water partition coefficient (Wildman–Crippen LogP) is 1.86. The van der Waals surface area contributed by atoms with Gasteiger partial charge in [0.2, 0.25) is 0 Å². The van der Waals surface area contributed by atoms with Gasteiger partial charge in [0.05, 0.1) is 0 Å². The maximum atomic E-state index is 3.53. The molecule has 0 amide bonds. The molecule has 0 aromatic heterocycles. The molecule has 2 heterocycles. The van der Waals surface area contributed by atoms with Gasteiger partial charge in [0.1, 0.15) is 0 Å². The second-order valence-corrected chi connectivity index (χ2v) is 5.23. The summed E-state index contributed by atoms with van der Waals surface area (Å²) in [5, 5.41) is 3.53. The average molecular weight is 196 g/mol. The van der Waals surface area contributed by atoms with Gasteiger partial charge in [-0.25, -0.2) is 0 Å². The van der Waals surface area contributed by atoms with E-state index >= 15 is 0 Å². The van der Waals surface area contributed by atoms with Crippen LogP contribution in [0.3, 0.4) is 0 Å². The molecule has 2 rings (SSSR count). The van der Waals surface area contributed by atoms with Crippen molar-refractivity contribution >= 4 is 0 Å². The second-order valence-electron chi connectivity index (χ2n) is 5.23. The molecule has 2 aliphatic heterocycles. The van der Waals surface area contributed by atoms with Gasteiger partial charge < -0.3 is 10.2 Å².